The van der Waals surface area contributed by atoms with E-state index in [1.807, 2.05) is 0 Å². The fourth-order valence-corrected chi connectivity index (χ4v) is 8.07. The van der Waals surface area contributed by atoms with Crippen LogP contribution < -0.4 is 0 Å². The molecule has 7 atom stereocenters. The first kappa shape index (κ1) is 16.8. The van der Waals surface area contributed by atoms with Crippen LogP contribution in [0.3, 0.4) is 0 Å². The van der Waals surface area contributed by atoms with Crippen LogP contribution in [0.4, 0.5) is 0 Å². The number of hydrogen-bond acceptors (Lipinski definition) is 0. The Morgan fingerprint density at radius 3 is 2.32 bits per heavy atom. The highest BCUT2D eigenvalue weighted by atomic mass is 16.0. The molecule has 0 spiro atoms. The van der Waals surface area contributed by atoms with Gasteiger partial charge in [-0.3, -0.25) is 0 Å². The highest BCUT2D eigenvalue weighted by Gasteiger charge is 2.59. The smallest absolute Gasteiger partial charge is 0.0266 e. The summed E-state index contributed by atoms with van der Waals surface area (Å²) in [5.41, 5.74) is 1.45. The molecule has 0 heterocycles. The highest BCUT2D eigenvalue weighted by molar-refractivity contribution is 5.08. The lowest BCUT2D eigenvalue weighted by Gasteiger charge is -2.60. The van der Waals surface area contributed by atoms with Crippen LogP contribution in [0.25, 0.3) is 0 Å². The van der Waals surface area contributed by atoms with Crippen LogP contribution in [0, 0.1) is 40.4 Å². The van der Waals surface area contributed by atoms with Gasteiger partial charge in [0.15, 0.2) is 0 Å². The van der Waals surface area contributed by atoms with Crippen molar-refractivity contribution in [2.45, 2.75) is 91.4 Å². The van der Waals surface area contributed by atoms with Crippen molar-refractivity contribution in [2.75, 3.05) is 0 Å². The maximum Gasteiger partial charge on any atom is -0.0266 e. The van der Waals surface area contributed by atoms with Gasteiger partial charge in [-0.15, -0.1) is 0 Å². The summed E-state index contributed by atoms with van der Waals surface area (Å²) in [4.78, 5) is 0. The minimum atomic E-state index is 0. The van der Waals surface area contributed by atoms with E-state index in [2.05, 4.69) is 20.8 Å². The van der Waals surface area contributed by atoms with E-state index in [0.717, 1.165) is 35.0 Å². The molecule has 0 aromatic rings. The molecule has 4 rings (SSSR count). The van der Waals surface area contributed by atoms with Crippen molar-refractivity contribution in [3.63, 3.8) is 0 Å². The van der Waals surface area contributed by atoms with E-state index >= 15 is 0 Å². The van der Waals surface area contributed by atoms with Crippen LogP contribution in [0.2, 0.25) is 0 Å². The van der Waals surface area contributed by atoms with Gasteiger partial charge < -0.3 is 5.48 Å². The summed E-state index contributed by atoms with van der Waals surface area (Å²) in [6, 6.07) is 0. The van der Waals surface area contributed by atoms with E-state index in [9.17, 15) is 0 Å². The second-order valence-corrected chi connectivity index (χ2v) is 9.63. The first-order chi connectivity index (χ1) is 10.1. The zero-order chi connectivity index (χ0) is 14.7. The monoisotopic (exact) mass is 306 g/mol. The predicted molar refractivity (Wildman–Crippen MR) is 93.7 cm³/mol. The van der Waals surface area contributed by atoms with Crippen molar-refractivity contribution in [1.29, 1.82) is 0 Å². The van der Waals surface area contributed by atoms with Crippen molar-refractivity contribution in [3.05, 3.63) is 0 Å². The van der Waals surface area contributed by atoms with Gasteiger partial charge in [0.1, 0.15) is 0 Å². The minimum absolute atomic E-state index is 0. The second-order valence-electron chi connectivity index (χ2n) is 9.63. The van der Waals surface area contributed by atoms with Gasteiger partial charge in [0.25, 0.3) is 0 Å². The van der Waals surface area contributed by atoms with E-state index in [1.54, 1.807) is 51.4 Å². The van der Waals surface area contributed by atoms with Crippen LogP contribution in [-0.4, -0.2) is 5.48 Å². The van der Waals surface area contributed by atoms with Gasteiger partial charge in [-0.1, -0.05) is 40.0 Å². The summed E-state index contributed by atoms with van der Waals surface area (Å²) in [7, 11) is 0. The molecule has 0 saturated heterocycles. The third-order valence-electron chi connectivity index (χ3n) is 9.27. The minimum Gasteiger partial charge on any atom is -0.412 e. The Labute approximate surface area is 137 Å². The van der Waals surface area contributed by atoms with Crippen molar-refractivity contribution in [1.82, 2.24) is 0 Å². The van der Waals surface area contributed by atoms with Crippen molar-refractivity contribution < 1.29 is 5.48 Å². The Hall–Kier alpha value is -0.0400. The molecule has 0 amide bonds. The third kappa shape index (κ3) is 2.14. The molecule has 0 bridgehead atoms. The molecule has 128 valence electrons. The van der Waals surface area contributed by atoms with Crippen LogP contribution in [0.15, 0.2) is 0 Å². The molecule has 0 aromatic heterocycles. The normalized spacial score (nSPS) is 53.9. The summed E-state index contributed by atoms with van der Waals surface area (Å²) >= 11 is 0. The fraction of sp³-hybridized carbons (Fsp3) is 1.00. The van der Waals surface area contributed by atoms with Gasteiger partial charge >= 0.3 is 0 Å². The van der Waals surface area contributed by atoms with Gasteiger partial charge in [-0.25, -0.2) is 0 Å². The lowest BCUT2D eigenvalue weighted by molar-refractivity contribution is -0.110. The molecule has 4 aliphatic rings. The lowest BCUT2D eigenvalue weighted by atomic mass is 9.45. The van der Waals surface area contributed by atoms with Crippen molar-refractivity contribution in [2.24, 2.45) is 40.4 Å². The Morgan fingerprint density at radius 1 is 0.773 bits per heavy atom. The van der Waals surface area contributed by atoms with Crippen LogP contribution in [0.1, 0.15) is 91.4 Å². The van der Waals surface area contributed by atoms with Gasteiger partial charge in [0, 0.05) is 0 Å². The topological polar surface area (TPSA) is 31.5 Å². The molecular weight excluding hydrogens is 268 g/mol. The quantitative estimate of drug-likeness (QED) is 0.602. The Kier molecular flexibility index (Phi) is 4.43. The standard InChI is InChI=1S/C21H36.H2O/c1-4-15-9-11-18-17-10-8-16-7-5-6-13-20(16,2)19(17)12-14-21(15,18)3;/h15-19H,4-14H2,1-3H3;1H2/t15-,16?,17-,18-,19-,20-,21+;/m0./s1. The molecule has 0 radical (unpaired) electrons. The predicted octanol–water partition coefficient (Wildman–Crippen LogP) is 5.62. The Bertz CT molecular complexity index is 405. The molecule has 1 heteroatoms. The van der Waals surface area contributed by atoms with E-state index in [1.165, 1.54) is 19.3 Å². The first-order valence-corrected chi connectivity index (χ1v) is 10.1. The molecule has 4 fully saturated rings. The Balaban J connectivity index is 0.00000144. The molecule has 4 aliphatic carbocycles. The third-order valence-corrected chi connectivity index (χ3v) is 9.27. The zero-order valence-corrected chi connectivity index (χ0v) is 15.2. The van der Waals surface area contributed by atoms with Crippen molar-refractivity contribution >= 4 is 0 Å². The van der Waals surface area contributed by atoms with Crippen LogP contribution in [-0.2, 0) is 0 Å². The summed E-state index contributed by atoms with van der Waals surface area (Å²) in [5, 5.41) is 0. The number of rotatable bonds is 1. The van der Waals surface area contributed by atoms with Crippen molar-refractivity contribution in [3.8, 4) is 0 Å². The van der Waals surface area contributed by atoms with Gasteiger partial charge in [-0.2, -0.15) is 0 Å². The maximum absolute atomic E-state index is 2.71. The van der Waals surface area contributed by atoms with Gasteiger partial charge in [-0.05, 0) is 91.8 Å². The molecule has 2 N–H and O–H groups in total. The molecule has 22 heavy (non-hydrogen) atoms. The molecule has 1 unspecified atom stereocenters. The first-order valence-electron chi connectivity index (χ1n) is 10.1. The Morgan fingerprint density at radius 2 is 1.55 bits per heavy atom. The van der Waals surface area contributed by atoms with E-state index in [0.29, 0.717) is 5.41 Å². The average Bonchev–Trinajstić information content (AvgIpc) is 2.83. The maximum atomic E-state index is 2.71. The summed E-state index contributed by atoms with van der Waals surface area (Å²) in [6.45, 7) is 7.84. The molecule has 4 saturated carbocycles. The molecule has 0 aliphatic heterocycles. The highest BCUT2D eigenvalue weighted by Crippen LogP contribution is 2.67. The average molecular weight is 307 g/mol. The van der Waals surface area contributed by atoms with Crippen LogP contribution >= 0.6 is 0 Å². The van der Waals surface area contributed by atoms with Gasteiger partial charge in [0.05, 0.1) is 0 Å². The second kappa shape index (κ2) is 5.80. The summed E-state index contributed by atoms with van der Waals surface area (Å²) in [5.74, 6) is 5.39. The largest absolute Gasteiger partial charge is 0.412 e. The lowest BCUT2D eigenvalue weighted by Crippen LogP contribution is -2.52. The van der Waals surface area contributed by atoms with E-state index in [-0.39, 0.29) is 5.48 Å². The summed E-state index contributed by atoms with van der Waals surface area (Å²) in [6.07, 6.45) is 17.0. The SMILES string of the molecule is CC[C@H]1CC[C@H]2[C@@H]3CCC4CCCC[C@]4(C)[C@H]3CC[C@]12C.O. The van der Waals surface area contributed by atoms with Gasteiger partial charge in [0.2, 0.25) is 0 Å². The zero-order valence-electron chi connectivity index (χ0n) is 15.2. The number of hydrogen-bond donors (Lipinski definition) is 0. The summed E-state index contributed by atoms with van der Waals surface area (Å²) < 4.78 is 0. The number of fused-ring (bicyclic) bond motifs is 5. The molecule has 0 aromatic carbocycles. The molecule has 1 nitrogen and oxygen atoms in total. The van der Waals surface area contributed by atoms with E-state index < -0.39 is 0 Å². The van der Waals surface area contributed by atoms with Crippen LogP contribution in [0.5, 0.6) is 0 Å². The molecular formula is C21H38O. The fourth-order valence-electron chi connectivity index (χ4n) is 8.07. The van der Waals surface area contributed by atoms with E-state index in [4.69, 9.17) is 0 Å².